The Bertz CT molecular complexity index is 152. The first kappa shape index (κ1) is 12.7. The highest BCUT2D eigenvalue weighted by atomic mass is 19.4. The molecule has 0 amide bonds. The molecule has 0 heterocycles. The Labute approximate surface area is 77.1 Å². The van der Waals surface area contributed by atoms with E-state index in [0.29, 0.717) is 6.54 Å². The van der Waals surface area contributed by atoms with Crippen LogP contribution in [0.4, 0.5) is 13.2 Å². The van der Waals surface area contributed by atoms with E-state index in [9.17, 15) is 13.2 Å². The summed E-state index contributed by atoms with van der Waals surface area (Å²) >= 11 is 0. The van der Waals surface area contributed by atoms with Crippen LogP contribution in [-0.4, -0.2) is 43.8 Å². The first-order chi connectivity index (χ1) is 5.65. The second-order valence-electron chi connectivity index (χ2n) is 3.93. The fraction of sp³-hybridized carbons (Fsp3) is 1.00. The number of likely N-dealkylation sites (N-methyl/N-ethyl adjacent to an activating group) is 1. The molecule has 0 atom stereocenters. The second kappa shape index (κ2) is 4.28. The predicted octanol–water partition coefficient (Wildman–Crippen LogP) is 1.48. The van der Waals surface area contributed by atoms with Gasteiger partial charge in [0, 0.05) is 12.1 Å². The summed E-state index contributed by atoms with van der Waals surface area (Å²) in [6.45, 7) is 3.16. The van der Waals surface area contributed by atoms with Gasteiger partial charge >= 0.3 is 6.18 Å². The summed E-state index contributed by atoms with van der Waals surface area (Å²) in [5.74, 6) is 0. The molecule has 0 saturated carbocycles. The minimum Gasteiger partial charge on any atom is -0.307 e. The monoisotopic (exact) mass is 198 g/mol. The summed E-state index contributed by atoms with van der Waals surface area (Å²) in [5.41, 5.74) is -0.259. The third-order valence-corrected chi connectivity index (χ3v) is 2.09. The molecular weight excluding hydrogens is 181 g/mol. The van der Waals surface area contributed by atoms with Crippen molar-refractivity contribution in [1.29, 1.82) is 0 Å². The molecule has 0 saturated heterocycles. The lowest BCUT2D eigenvalue weighted by atomic mass is 10.0. The van der Waals surface area contributed by atoms with Crippen molar-refractivity contribution < 1.29 is 13.2 Å². The molecule has 5 heteroatoms. The molecule has 0 aromatic rings. The maximum Gasteiger partial charge on any atom is 0.401 e. The lowest BCUT2D eigenvalue weighted by Gasteiger charge is -2.32. The summed E-state index contributed by atoms with van der Waals surface area (Å²) in [6.07, 6.45) is -4.12. The maximum absolute atomic E-state index is 11.8. The topological polar surface area (TPSA) is 15.3 Å². The standard InChI is InChI=1S/C8H17F3N2/c1-7(2,13(3)4)5-12-6-8(9,10)11/h12H,5-6H2,1-4H3. The quantitative estimate of drug-likeness (QED) is 0.736. The molecule has 0 aromatic carbocycles. The molecule has 0 aliphatic heterocycles. The zero-order chi connectivity index (χ0) is 10.7. The molecule has 13 heavy (non-hydrogen) atoms. The molecule has 0 aliphatic rings. The van der Waals surface area contributed by atoms with Crippen LogP contribution < -0.4 is 5.32 Å². The average molecular weight is 198 g/mol. The van der Waals surface area contributed by atoms with Crippen LogP contribution in [-0.2, 0) is 0 Å². The molecule has 0 aliphatic carbocycles. The van der Waals surface area contributed by atoms with E-state index in [2.05, 4.69) is 5.32 Å². The van der Waals surface area contributed by atoms with Crippen LogP contribution in [0, 0.1) is 0 Å². The number of nitrogens with one attached hydrogen (secondary N) is 1. The maximum atomic E-state index is 11.8. The van der Waals surface area contributed by atoms with Crippen molar-refractivity contribution >= 4 is 0 Å². The minimum absolute atomic E-state index is 0.259. The van der Waals surface area contributed by atoms with Gasteiger partial charge in [0.1, 0.15) is 0 Å². The third-order valence-electron chi connectivity index (χ3n) is 2.09. The van der Waals surface area contributed by atoms with E-state index in [-0.39, 0.29) is 5.54 Å². The number of rotatable bonds is 4. The zero-order valence-electron chi connectivity index (χ0n) is 8.50. The van der Waals surface area contributed by atoms with E-state index in [4.69, 9.17) is 0 Å². The first-order valence-corrected chi connectivity index (χ1v) is 4.10. The van der Waals surface area contributed by atoms with Gasteiger partial charge in [0.15, 0.2) is 0 Å². The Morgan fingerprint density at radius 1 is 1.08 bits per heavy atom. The molecular formula is C8H17F3N2. The Balaban J connectivity index is 3.77. The van der Waals surface area contributed by atoms with Crippen molar-refractivity contribution in [2.75, 3.05) is 27.2 Å². The van der Waals surface area contributed by atoms with E-state index < -0.39 is 12.7 Å². The van der Waals surface area contributed by atoms with E-state index >= 15 is 0 Å². The SMILES string of the molecule is CN(C)C(C)(C)CNCC(F)(F)F. The largest absolute Gasteiger partial charge is 0.401 e. The molecule has 0 rings (SSSR count). The van der Waals surface area contributed by atoms with E-state index in [1.54, 1.807) is 0 Å². The summed E-state index contributed by atoms with van der Waals surface area (Å²) in [7, 11) is 3.69. The normalized spacial score (nSPS) is 13.8. The molecule has 1 N–H and O–H groups in total. The molecule has 0 aromatic heterocycles. The lowest BCUT2D eigenvalue weighted by molar-refractivity contribution is -0.125. The molecule has 0 radical (unpaired) electrons. The highest BCUT2D eigenvalue weighted by molar-refractivity contribution is 4.79. The van der Waals surface area contributed by atoms with Crippen LogP contribution in [0.5, 0.6) is 0 Å². The van der Waals surface area contributed by atoms with Gasteiger partial charge in [0.2, 0.25) is 0 Å². The fourth-order valence-corrected chi connectivity index (χ4v) is 0.668. The van der Waals surface area contributed by atoms with Gasteiger partial charge < -0.3 is 10.2 Å². The fourth-order valence-electron chi connectivity index (χ4n) is 0.668. The number of hydrogen-bond acceptors (Lipinski definition) is 2. The second-order valence-corrected chi connectivity index (χ2v) is 3.93. The molecule has 0 spiro atoms. The van der Waals surface area contributed by atoms with Gasteiger partial charge in [-0.1, -0.05) is 0 Å². The van der Waals surface area contributed by atoms with Gasteiger partial charge in [-0.25, -0.2) is 0 Å². The lowest BCUT2D eigenvalue weighted by Crippen LogP contribution is -2.48. The molecule has 0 unspecified atom stereocenters. The summed E-state index contributed by atoms with van der Waals surface area (Å²) in [5, 5.41) is 2.38. The summed E-state index contributed by atoms with van der Waals surface area (Å²) < 4.78 is 35.3. The Kier molecular flexibility index (Phi) is 4.19. The highest BCUT2D eigenvalue weighted by Gasteiger charge is 2.28. The number of hydrogen-bond donors (Lipinski definition) is 1. The zero-order valence-corrected chi connectivity index (χ0v) is 8.50. The number of nitrogens with zero attached hydrogens (tertiary/aromatic N) is 1. The van der Waals surface area contributed by atoms with Gasteiger partial charge in [0.05, 0.1) is 6.54 Å². The van der Waals surface area contributed by atoms with Gasteiger partial charge in [-0.2, -0.15) is 13.2 Å². The minimum atomic E-state index is -4.12. The smallest absolute Gasteiger partial charge is 0.307 e. The van der Waals surface area contributed by atoms with Crippen molar-refractivity contribution in [3.05, 3.63) is 0 Å². The van der Waals surface area contributed by atoms with Crippen molar-refractivity contribution in [2.24, 2.45) is 0 Å². The Hall–Kier alpha value is -0.290. The molecule has 0 fully saturated rings. The van der Waals surface area contributed by atoms with Gasteiger partial charge in [0.25, 0.3) is 0 Å². The van der Waals surface area contributed by atoms with E-state index in [0.717, 1.165) is 0 Å². The van der Waals surface area contributed by atoms with Gasteiger partial charge in [-0.3, -0.25) is 0 Å². The molecule has 0 bridgehead atoms. The Morgan fingerprint density at radius 3 is 1.85 bits per heavy atom. The number of alkyl halides is 3. The van der Waals surface area contributed by atoms with Crippen molar-refractivity contribution in [1.82, 2.24) is 10.2 Å². The summed E-state index contributed by atoms with van der Waals surface area (Å²) in [4.78, 5) is 1.89. The Morgan fingerprint density at radius 2 is 1.54 bits per heavy atom. The first-order valence-electron chi connectivity index (χ1n) is 4.10. The van der Waals surface area contributed by atoms with E-state index in [1.807, 2.05) is 32.8 Å². The van der Waals surface area contributed by atoms with Gasteiger partial charge in [-0.15, -0.1) is 0 Å². The van der Waals surface area contributed by atoms with Crippen molar-refractivity contribution in [3.63, 3.8) is 0 Å². The predicted molar refractivity (Wildman–Crippen MR) is 46.7 cm³/mol. The molecule has 2 nitrogen and oxygen atoms in total. The van der Waals surface area contributed by atoms with Crippen LogP contribution in [0.15, 0.2) is 0 Å². The van der Waals surface area contributed by atoms with Crippen LogP contribution in [0.2, 0.25) is 0 Å². The van der Waals surface area contributed by atoms with Crippen LogP contribution >= 0.6 is 0 Å². The van der Waals surface area contributed by atoms with Crippen LogP contribution in [0.25, 0.3) is 0 Å². The highest BCUT2D eigenvalue weighted by Crippen LogP contribution is 2.13. The van der Waals surface area contributed by atoms with Crippen LogP contribution in [0.3, 0.4) is 0 Å². The number of halogens is 3. The van der Waals surface area contributed by atoms with E-state index in [1.165, 1.54) is 0 Å². The third kappa shape index (κ3) is 5.87. The molecule has 80 valence electrons. The van der Waals surface area contributed by atoms with Crippen LogP contribution in [0.1, 0.15) is 13.8 Å². The van der Waals surface area contributed by atoms with Crippen molar-refractivity contribution in [3.8, 4) is 0 Å². The van der Waals surface area contributed by atoms with Gasteiger partial charge in [-0.05, 0) is 27.9 Å². The average Bonchev–Trinajstić information content (AvgIpc) is 1.82. The van der Waals surface area contributed by atoms with Crippen molar-refractivity contribution in [2.45, 2.75) is 25.6 Å². The summed E-state index contributed by atoms with van der Waals surface area (Å²) in [6, 6.07) is 0.